The lowest BCUT2D eigenvalue weighted by atomic mass is 10.3. The zero-order chi connectivity index (χ0) is 22.6. The molecule has 2 N–H and O–H groups in total. The molecule has 2 aromatic rings. The number of sulfone groups is 1. The molecule has 0 radical (unpaired) electrons. The molecule has 1 aliphatic rings. The minimum absolute atomic E-state index is 0.0526. The molecule has 0 spiro atoms. The van der Waals surface area contributed by atoms with E-state index in [1.54, 1.807) is 13.8 Å². The summed E-state index contributed by atoms with van der Waals surface area (Å²) >= 11 is 0. The van der Waals surface area contributed by atoms with Crippen LogP contribution < -0.4 is 19.5 Å². The molecular weight excluding hydrogens is 444 g/mol. The van der Waals surface area contributed by atoms with Gasteiger partial charge in [0.05, 0.1) is 15.5 Å². The van der Waals surface area contributed by atoms with Crippen molar-refractivity contribution < 1.29 is 31.1 Å². The van der Waals surface area contributed by atoms with Crippen LogP contribution in [0.3, 0.4) is 0 Å². The predicted octanol–water partition coefficient (Wildman–Crippen LogP) is 1.95. The first-order chi connectivity index (χ1) is 14.6. The summed E-state index contributed by atoms with van der Waals surface area (Å²) < 4.78 is 62.6. The van der Waals surface area contributed by atoms with Crippen LogP contribution in [-0.2, 0) is 24.7 Å². The summed E-state index contributed by atoms with van der Waals surface area (Å²) in [5.74, 6) is -0.0451. The highest BCUT2D eigenvalue weighted by molar-refractivity contribution is 7.91. The van der Waals surface area contributed by atoms with E-state index in [0.717, 1.165) is 0 Å². The maximum absolute atomic E-state index is 12.6. The van der Waals surface area contributed by atoms with E-state index in [4.69, 9.17) is 9.47 Å². The molecule has 11 heteroatoms. The number of hydrogen-bond donors (Lipinski definition) is 2. The van der Waals surface area contributed by atoms with Crippen LogP contribution in [0.5, 0.6) is 11.5 Å². The Balaban J connectivity index is 1.59. The molecule has 0 saturated carbocycles. The monoisotopic (exact) mass is 468 g/mol. The first-order valence-corrected chi connectivity index (χ1v) is 12.7. The van der Waals surface area contributed by atoms with Gasteiger partial charge in [-0.25, -0.2) is 21.6 Å². The largest absolute Gasteiger partial charge is 0.486 e. The van der Waals surface area contributed by atoms with E-state index >= 15 is 0 Å². The number of ether oxygens (including phenoxy) is 2. The average Bonchev–Trinajstić information content (AvgIpc) is 2.71. The lowest BCUT2D eigenvalue weighted by Crippen LogP contribution is -2.30. The molecule has 2 aromatic carbocycles. The topological polar surface area (TPSA) is 128 Å². The number of rotatable bonds is 8. The van der Waals surface area contributed by atoms with Gasteiger partial charge in [0.1, 0.15) is 13.2 Å². The van der Waals surface area contributed by atoms with Crippen LogP contribution in [0, 0.1) is 0 Å². The molecule has 1 heterocycles. The van der Waals surface area contributed by atoms with Crippen LogP contribution in [-0.4, -0.2) is 47.8 Å². The SMILES string of the molecule is CC(C)NS(=O)(=O)c1ccc(NC(=O)CCS(=O)(=O)c2ccc3c(c2)OCCO3)cc1. The van der Waals surface area contributed by atoms with Crippen LogP contribution >= 0.6 is 0 Å². The number of sulfonamides is 1. The van der Waals surface area contributed by atoms with E-state index < -0.39 is 25.8 Å². The molecule has 0 aromatic heterocycles. The molecule has 0 aliphatic carbocycles. The Morgan fingerprint density at radius 3 is 2.19 bits per heavy atom. The van der Waals surface area contributed by atoms with Crippen molar-refractivity contribution in [1.29, 1.82) is 0 Å². The zero-order valence-corrected chi connectivity index (χ0v) is 18.8. The smallest absolute Gasteiger partial charge is 0.240 e. The van der Waals surface area contributed by atoms with Crippen molar-refractivity contribution in [3.63, 3.8) is 0 Å². The van der Waals surface area contributed by atoms with Crippen molar-refractivity contribution in [3.05, 3.63) is 42.5 Å². The Labute approximate surface area is 181 Å². The van der Waals surface area contributed by atoms with Gasteiger partial charge in [0, 0.05) is 24.2 Å². The van der Waals surface area contributed by atoms with E-state index in [1.165, 1.54) is 42.5 Å². The van der Waals surface area contributed by atoms with Crippen LogP contribution in [0.25, 0.3) is 0 Å². The van der Waals surface area contributed by atoms with Crippen LogP contribution in [0.2, 0.25) is 0 Å². The minimum Gasteiger partial charge on any atom is -0.486 e. The average molecular weight is 469 g/mol. The molecule has 1 amide bonds. The molecule has 0 saturated heterocycles. The summed E-state index contributed by atoms with van der Waals surface area (Å²) in [6.45, 7) is 4.17. The molecular formula is C20H24N2O7S2. The van der Waals surface area contributed by atoms with Crippen molar-refractivity contribution >= 4 is 31.5 Å². The first kappa shape index (κ1) is 23.0. The van der Waals surface area contributed by atoms with Gasteiger partial charge in [-0.1, -0.05) is 0 Å². The van der Waals surface area contributed by atoms with Gasteiger partial charge in [0.25, 0.3) is 0 Å². The second-order valence-corrected chi connectivity index (χ2v) is 11.0. The summed E-state index contributed by atoms with van der Waals surface area (Å²) in [5, 5.41) is 2.57. The van der Waals surface area contributed by atoms with Crippen LogP contribution in [0.1, 0.15) is 20.3 Å². The maximum Gasteiger partial charge on any atom is 0.240 e. The Bertz CT molecular complexity index is 1160. The van der Waals surface area contributed by atoms with Gasteiger partial charge in [0.2, 0.25) is 15.9 Å². The summed E-state index contributed by atoms with van der Waals surface area (Å²) in [6, 6.07) is 9.73. The fraction of sp³-hybridized carbons (Fsp3) is 0.350. The Morgan fingerprint density at radius 2 is 1.55 bits per heavy atom. The Kier molecular flexibility index (Phi) is 6.87. The van der Waals surface area contributed by atoms with Crippen molar-refractivity contribution in [1.82, 2.24) is 4.72 Å². The molecule has 168 valence electrons. The van der Waals surface area contributed by atoms with Gasteiger partial charge in [-0.15, -0.1) is 0 Å². The number of carbonyl (C=O) groups is 1. The van der Waals surface area contributed by atoms with Gasteiger partial charge in [-0.05, 0) is 50.2 Å². The second-order valence-electron chi connectivity index (χ2n) is 7.22. The van der Waals surface area contributed by atoms with Gasteiger partial charge in [0.15, 0.2) is 21.3 Å². The molecule has 9 nitrogen and oxygen atoms in total. The van der Waals surface area contributed by atoms with Gasteiger partial charge in [-0.3, -0.25) is 4.79 Å². The van der Waals surface area contributed by atoms with Crippen molar-refractivity contribution in [2.75, 3.05) is 24.3 Å². The molecule has 0 unspecified atom stereocenters. The fourth-order valence-electron chi connectivity index (χ4n) is 2.88. The molecule has 1 aliphatic heterocycles. The number of carbonyl (C=O) groups excluding carboxylic acids is 1. The van der Waals surface area contributed by atoms with E-state index in [0.29, 0.717) is 30.4 Å². The quantitative estimate of drug-likeness (QED) is 0.606. The Morgan fingerprint density at radius 1 is 0.935 bits per heavy atom. The third-order valence-corrected chi connectivity index (χ3v) is 7.70. The normalized spacial score (nSPS) is 13.8. The highest BCUT2D eigenvalue weighted by atomic mass is 32.2. The van der Waals surface area contributed by atoms with Crippen LogP contribution in [0.15, 0.2) is 52.3 Å². The van der Waals surface area contributed by atoms with E-state index in [1.807, 2.05) is 0 Å². The molecule has 0 atom stereocenters. The number of nitrogens with one attached hydrogen (secondary N) is 2. The predicted molar refractivity (Wildman–Crippen MR) is 115 cm³/mol. The number of hydrogen-bond acceptors (Lipinski definition) is 7. The van der Waals surface area contributed by atoms with Crippen LogP contribution in [0.4, 0.5) is 5.69 Å². The number of amides is 1. The van der Waals surface area contributed by atoms with Crippen molar-refractivity contribution in [2.24, 2.45) is 0 Å². The van der Waals surface area contributed by atoms with Gasteiger partial charge >= 0.3 is 0 Å². The molecule has 0 fully saturated rings. The lowest BCUT2D eigenvalue weighted by molar-refractivity contribution is -0.115. The van der Waals surface area contributed by atoms with Crippen molar-refractivity contribution in [2.45, 2.75) is 36.1 Å². The van der Waals surface area contributed by atoms with E-state index in [9.17, 15) is 21.6 Å². The summed E-state index contributed by atoms with van der Waals surface area (Å²) in [6.07, 6.45) is -0.258. The number of benzene rings is 2. The fourth-order valence-corrected chi connectivity index (χ4v) is 5.38. The third kappa shape index (κ3) is 5.96. The molecule has 0 bridgehead atoms. The highest BCUT2D eigenvalue weighted by Crippen LogP contribution is 2.32. The maximum atomic E-state index is 12.6. The molecule has 3 rings (SSSR count). The standard InChI is InChI=1S/C20H24N2O7S2/c1-14(2)22-31(26,27)16-5-3-15(4-6-16)21-20(23)9-12-30(24,25)17-7-8-18-19(13-17)29-11-10-28-18/h3-8,13-14,22H,9-12H2,1-2H3,(H,21,23). The number of fused-ring (bicyclic) bond motifs is 1. The van der Waals surface area contributed by atoms with Gasteiger partial charge < -0.3 is 14.8 Å². The van der Waals surface area contributed by atoms with E-state index in [-0.39, 0.29) is 28.0 Å². The van der Waals surface area contributed by atoms with Gasteiger partial charge in [-0.2, -0.15) is 0 Å². The first-order valence-electron chi connectivity index (χ1n) is 9.61. The summed E-state index contributed by atoms with van der Waals surface area (Å²) in [7, 11) is -7.34. The highest BCUT2D eigenvalue weighted by Gasteiger charge is 2.21. The third-order valence-electron chi connectivity index (χ3n) is 4.31. The summed E-state index contributed by atoms with van der Waals surface area (Å²) in [4.78, 5) is 12.3. The Hall–Kier alpha value is -2.63. The van der Waals surface area contributed by atoms with Crippen molar-refractivity contribution in [3.8, 4) is 11.5 Å². The van der Waals surface area contributed by atoms with E-state index in [2.05, 4.69) is 10.0 Å². The lowest BCUT2D eigenvalue weighted by Gasteiger charge is -2.18. The second kappa shape index (κ2) is 9.25. The minimum atomic E-state index is -3.70. The number of anilines is 1. The zero-order valence-electron chi connectivity index (χ0n) is 17.1. The molecule has 31 heavy (non-hydrogen) atoms. The summed E-state index contributed by atoms with van der Waals surface area (Å²) in [5.41, 5.74) is 0.366.